The van der Waals surface area contributed by atoms with Gasteiger partial charge in [-0.3, -0.25) is 13.9 Å². The van der Waals surface area contributed by atoms with Crippen LogP contribution in [0, 0.1) is 18.7 Å². The Kier molecular flexibility index (Phi) is 11.5. The van der Waals surface area contributed by atoms with E-state index in [-0.39, 0.29) is 41.1 Å². The molecule has 43 heavy (non-hydrogen) atoms. The lowest BCUT2D eigenvalue weighted by molar-refractivity contribution is -0.140. The summed E-state index contributed by atoms with van der Waals surface area (Å²) in [5.74, 6) is -0.691. The number of amides is 2. The van der Waals surface area contributed by atoms with Crippen LogP contribution >= 0.6 is 0 Å². The number of rotatable bonds is 14. The molecule has 0 radical (unpaired) electrons. The van der Waals surface area contributed by atoms with Crippen molar-refractivity contribution in [3.63, 3.8) is 0 Å². The number of hydrogen-bond acceptors (Lipinski definition) is 6. The summed E-state index contributed by atoms with van der Waals surface area (Å²) < 4.78 is 53.8. The quantitative estimate of drug-likeness (QED) is 0.277. The topological polar surface area (TPSA) is 105 Å². The van der Waals surface area contributed by atoms with Gasteiger partial charge in [0, 0.05) is 19.2 Å². The number of aryl methyl sites for hydroxylation is 1. The predicted molar refractivity (Wildman–Crippen MR) is 164 cm³/mol. The van der Waals surface area contributed by atoms with E-state index >= 15 is 0 Å². The van der Waals surface area contributed by atoms with Crippen molar-refractivity contribution in [3.05, 3.63) is 83.7 Å². The van der Waals surface area contributed by atoms with E-state index in [1.165, 1.54) is 61.6 Å². The number of sulfonamides is 1. The largest absolute Gasteiger partial charge is 0.497 e. The van der Waals surface area contributed by atoms with Crippen LogP contribution in [0.2, 0.25) is 0 Å². The first-order valence-electron chi connectivity index (χ1n) is 14.0. The molecular formula is C32H40FN3O6S. The van der Waals surface area contributed by atoms with E-state index in [2.05, 4.69) is 5.32 Å². The minimum absolute atomic E-state index is 0.0254. The molecule has 0 saturated heterocycles. The fraction of sp³-hybridized carbons (Fsp3) is 0.375. The molecule has 1 atom stereocenters. The van der Waals surface area contributed by atoms with Gasteiger partial charge in [0.15, 0.2) is 0 Å². The van der Waals surface area contributed by atoms with E-state index in [4.69, 9.17) is 9.47 Å². The number of benzene rings is 3. The summed E-state index contributed by atoms with van der Waals surface area (Å²) in [5.41, 5.74) is 1.54. The average molecular weight is 614 g/mol. The Morgan fingerprint density at radius 3 is 2.16 bits per heavy atom. The molecule has 3 aromatic rings. The van der Waals surface area contributed by atoms with Crippen molar-refractivity contribution in [2.24, 2.45) is 5.92 Å². The van der Waals surface area contributed by atoms with E-state index in [0.717, 1.165) is 9.87 Å². The van der Waals surface area contributed by atoms with Gasteiger partial charge in [0.2, 0.25) is 11.8 Å². The summed E-state index contributed by atoms with van der Waals surface area (Å²) >= 11 is 0. The molecule has 0 aromatic heterocycles. The second-order valence-electron chi connectivity index (χ2n) is 10.6. The van der Waals surface area contributed by atoms with Gasteiger partial charge in [0.1, 0.15) is 29.9 Å². The molecule has 0 saturated carbocycles. The lowest BCUT2D eigenvalue weighted by Crippen LogP contribution is -2.52. The van der Waals surface area contributed by atoms with Crippen molar-refractivity contribution in [3.8, 4) is 11.5 Å². The molecule has 3 aromatic carbocycles. The zero-order valence-electron chi connectivity index (χ0n) is 25.5. The Balaban J connectivity index is 2.13. The van der Waals surface area contributed by atoms with Crippen LogP contribution in [0.5, 0.6) is 11.5 Å². The summed E-state index contributed by atoms with van der Waals surface area (Å²) in [7, 11) is -1.46. The highest BCUT2D eigenvalue weighted by molar-refractivity contribution is 7.92. The van der Waals surface area contributed by atoms with Gasteiger partial charge in [0.05, 0.1) is 24.8 Å². The van der Waals surface area contributed by atoms with Gasteiger partial charge < -0.3 is 19.7 Å². The third-order valence-electron chi connectivity index (χ3n) is 6.88. The Morgan fingerprint density at radius 1 is 0.953 bits per heavy atom. The third kappa shape index (κ3) is 8.47. The summed E-state index contributed by atoms with van der Waals surface area (Å²) in [5, 5.41) is 2.88. The van der Waals surface area contributed by atoms with Crippen LogP contribution in [0.1, 0.15) is 38.3 Å². The molecule has 0 aliphatic rings. The Morgan fingerprint density at radius 2 is 1.60 bits per heavy atom. The van der Waals surface area contributed by atoms with E-state index < -0.39 is 34.3 Å². The molecule has 0 fully saturated rings. The molecule has 1 N–H and O–H groups in total. The first-order valence-corrected chi connectivity index (χ1v) is 15.5. The molecular weight excluding hydrogens is 573 g/mol. The Labute approximate surface area is 253 Å². The number of nitrogens with zero attached hydrogens (tertiary/aromatic N) is 2. The second kappa shape index (κ2) is 14.9. The number of carbonyl (C=O) groups excluding carboxylic acids is 2. The number of methoxy groups -OCH3 is 2. The van der Waals surface area contributed by atoms with Gasteiger partial charge in [0.25, 0.3) is 10.0 Å². The fourth-order valence-electron chi connectivity index (χ4n) is 4.47. The van der Waals surface area contributed by atoms with E-state index in [1.807, 2.05) is 20.8 Å². The smallest absolute Gasteiger partial charge is 0.264 e. The van der Waals surface area contributed by atoms with Gasteiger partial charge in [-0.2, -0.15) is 0 Å². The number of nitrogens with one attached hydrogen (secondary N) is 1. The monoisotopic (exact) mass is 613 g/mol. The first-order chi connectivity index (χ1) is 20.4. The number of hydrogen-bond donors (Lipinski definition) is 1. The normalized spacial score (nSPS) is 12.0. The first kappa shape index (κ1) is 33.4. The minimum atomic E-state index is -4.31. The highest BCUT2D eigenvalue weighted by atomic mass is 32.2. The molecule has 3 rings (SSSR count). The maximum atomic E-state index is 14.2. The molecule has 232 valence electrons. The minimum Gasteiger partial charge on any atom is -0.497 e. The number of anilines is 1. The van der Waals surface area contributed by atoms with Crippen LogP contribution in [0.3, 0.4) is 0 Å². The lowest BCUT2D eigenvalue weighted by atomic mass is 10.1. The summed E-state index contributed by atoms with van der Waals surface area (Å²) in [6, 6.07) is 15.6. The van der Waals surface area contributed by atoms with Crippen LogP contribution in [0.25, 0.3) is 0 Å². The number of carbonyl (C=O) groups is 2. The predicted octanol–water partition coefficient (Wildman–Crippen LogP) is 4.93. The zero-order chi connectivity index (χ0) is 31.7. The van der Waals surface area contributed by atoms with Gasteiger partial charge in [-0.25, -0.2) is 12.8 Å². The van der Waals surface area contributed by atoms with E-state index in [1.54, 1.807) is 31.2 Å². The maximum Gasteiger partial charge on any atom is 0.264 e. The van der Waals surface area contributed by atoms with Gasteiger partial charge in [-0.15, -0.1) is 0 Å². The van der Waals surface area contributed by atoms with Crippen molar-refractivity contribution in [2.45, 2.75) is 51.6 Å². The van der Waals surface area contributed by atoms with Crippen molar-refractivity contribution < 1.29 is 31.9 Å². The lowest BCUT2D eigenvalue weighted by Gasteiger charge is -2.33. The summed E-state index contributed by atoms with van der Waals surface area (Å²) in [4.78, 5) is 28.9. The molecule has 2 amide bonds. The van der Waals surface area contributed by atoms with E-state index in [0.29, 0.717) is 17.9 Å². The Bertz CT molecular complexity index is 1490. The van der Waals surface area contributed by atoms with Gasteiger partial charge >= 0.3 is 0 Å². The van der Waals surface area contributed by atoms with Crippen molar-refractivity contribution in [1.29, 1.82) is 0 Å². The van der Waals surface area contributed by atoms with Crippen molar-refractivity contribution in [1.82, 2.24) is 10.2 Å². The molecule has 0 heterocycles. The van der Waals surface area contributed by atoms with Crippen molar-refractivity contribution in [2.75, 3.05) is 31.6 Å². The molecule has 0 aliphatic heterocycles. The molecule has 9 nitrogen and oxygen atoms in total. The summed E-state index contributed by atoms with van der Waals surface area (Å²) in [6.07, 6.45) is 0.268. The molecule has 0 spiro atoms. The third-order valence-corrected chi connectivity index (χ3v) is 8.65. The molecule has 0 aliphatic carbocycles. The fourth-order valence-corrected chi connectivity index (χ4v) is 5.89. The molecule has 11 heteroatoms. The number of halogens is 1. The van der Waals surface area contributed by atoms with Crippen LogP contribution in [-0.2, 0) is 26.2 Å². The van der Waals surface area contributed by atoms with Crippen molar-refractivity contribution >= 4 is 27.5 Å². The molecule has 0 unspecified atom stereocenters. The highest BCUT2D eigenvalue weighted by Gasteiger charge is 2.35. The zero-order valence-corrected chi connectivity index (χ0v) is 26.3. The SMILES string of the molecule is CC[C@@H](C(=O)NCC(C)C)N(Cc1ccc(F)cc1)C(=O)CN(c1cc(OC)ccc1OC)S(=O)(=O)c1ccc(C)cc1. The van der Waals surface area contributed by atoms with Crippen LogP contribution in [0.4, 0.5) is 10.1 Å². The highest BCUT2D eigenvalue weighted by Crippen LogP contribution is 2.36. The van der Waals surface area contributed by atoms with Crippen LogP contribution < -0.4 is 19.1 Å². The maximum absolute atomic E-state index is 14.2. The van der Waals surface area contributed by atoms with Gasteiger partial charge in [-0.05, 0) is 61.2 Å². The van der Waals surface area contributed by atoms with Gasteiger partial charge in [-0.1, -0.05) is 50.6 Å². The number of ether oxygens (including phenoxy) is 2. The Hall–Kier alpha value is -4.12. The van der Waals surface area contributed by atoms with Crippen LogP contribution in [0.15, 0.2) is 71.6 Å². The van der Waals surface area contributed by atoms with E-state index in [9.17, 15) is 22.4 Å². The molecule has 0 bridgehead atoms. The average Bonchev–Trinajstić information content (AvgIpc) is 2.99. The summed E-state index contributed by atoms with van der Waals surface area (Å²) in [6.45, 7) is 7.25. The second-order valence-corrected chi connectivity index (χ2v) is 12.4. The standard InChI is InChI=1S/C32H40FN3O6S/c1-7-28(32(38)34-19-22(2)3)35(20-24-10-12-25(33)13-11-24)31(37)21-36(29-18-26(41-5)14-17-30(29)42-6)43(39,40)27-15-8-23(4)9-16-27/h8-18,22,28H,7,19-21H2,1-6H3,(H,34,38)/t28-/m0/s1. The van der Waals surface area contributed by atoms with Crippen LogP contribution in [-0.4, -0.2) is 58.5 Å².